The Balaban J connectivity index is 1.10. The third-order valence-corrected chi connectivity index (χ3v) is 9.16. The number of pyridine rings is 2. The highest BCUT2D eigenvalue weighted by atomic mass is 19.1. The Morgan fingerprint density at radius 3 is 2.59 bits per heavy atom. The van der Waals surface area contributed by atoms with Crippen molar-refractivity contribution in [3.8, 4) is 0 Å². The summed E-state index contributed by atoms with van der Waals surface area (Å²) in [4.78, 5) is 36.0. The van der Waals surface area contributed by atoms with E-state index in [1.165, 1.54) is 17.7 Å². The quantitative estimate of drug-likeness (QED) is 0.217. The average molecular weight is 617 g/mol. The van der Waals surface area contributed by atoms with Crippen molar-refractivity contribution < 1.29 is 9.18 Å². The number of aromatic nitrogens is 4. The number of carbonyl (C=O) groups excluding carboxylic acids is 1. The molecule has 1 amide bonds. The van der Waals surface area contributed by atoms with Crippen LogP contribution in [0.4, 0.5) is 27.7 Å². The molecule has 2 aliphatic heterocycles. The van der Waals surface area contributed by atoms with Gasteiger partial charge in [0.25, 0.3) is 5.91 Å². The first-order chi connectivity index (χ1) is 22.5. The molecule has 1 atom stereocenters. The highest BCUT2D eigenvalue weighted by molar-refractivity contribution is 6.11. The van der Waals surface area contributed by atoms with Gasteiger partial charge < -0.3 is 15.5 Å². The maximum atomic E-state index is 15.8. The summed E-state index contributed by atoms with van der Waals surface area (Å²) in [5.74, 6) is 1.24. The molecule has 0 bridgehead atoms. The van der Waals surface area contributed by atoms with Crippen LogP contribution in [0.3, 0.4) is 0 Å². The van der Waals surface area contributed by atoms with E-state index < -0.39 is 11.7 Å². The minimum absolute atomic E-state index is 0.00440. The summed E-state index contributed by atoms with van der Waals surface area (Å²) < 4.78 is 15.8. The predicted molar refractivity (Wildman–Crippen MR) is 179 cm³/mol. The molecule has 2 fully saturated rings. The van der Waals surface area contributed by atoms with E-state index in [4.69, 9.17) is 4.98 Å². The largest absolute Gasteiger partial charge is 0.356 e. The summed E-state index contributed by atoms with van der Waals surface area (Å²) in [6.45, 7) is 5.28. The van der Waals surface area contributed by atoms with E-state index in [2.05, 4.69) is 42.6 Å². The van der Waals surface area contributed by atoms with Crippen molar-refractivity contribution in [3.63, 3.8) is 0 Å². The lowest BCUT2D eigenvalue weighted by Gasteiger charge is -2.35. The number of amides is 1. The molecule has 10 heteroatoms. The predicted octanol–water partition coefficient (Wildman–Crippen LogP) is 6.39. The van der Waals surface area contributed by atoms with Crippen LogP contribution in [-0.4, -0.2) is 58.1 Å². The van der Waals surface area contributed by atoms with Gasteiger partial charge in [-0.3, -0.25) is 14.7 Å². The number of rotatable bonds is 7. The SMILES string of the molecule is Cc1cccc2ccnc(N(C(=O)c3ccc(Nc4nccc(N5CCC(c6ccncc6)CC5)n4)cc3F)[C@@H]3CCCNC3)c12. The molecular weight excluding hydrogens is 579 g/mol. The van der Waals surface area contributed by atoms with Crippen LogP contribution in [0, 0.1) is 12.7 Å². The second-order valence-corrected chi connectivity index (χ2v) is 12.1. The molecule has 0 radical (unpaired) electrons. The number of hydrogen-bond acceptors (Lipinski definition) is 8. The summed E-state index contributed by atoms with van der Waals surface area (Å²) >= 11 is 0. The summed E-state index contributed by atoms with van der Waals surface area (Å²) in [6, 6.07) is 18.5. The molecule has 0 saturated carbocycles. The second kappa shape index (κ2) is 13.2. The van der Waals surface area contributed by atoms with Gasteiger partial charge in [-0.15, -0.1) is 0 Å². The van der Waals surface area contributed by atoms with Gasteiger partial charge in [-0.2, -0.15) is 4.98 Å². The van der Waals surface area contributed by atoms with E-state index in [9.17, 15) is 4.79 Å². The Morgan fingerprint density at radius 2 is 1.80 bits per heavy atom. The topological polar surface area (TPSA) is 99.2 Å². The fourth-order valence-electron chi connectivity index (χ4n) is 6.75. The number of aryl methyl sites for hydroxylation is 1. The fourth-order valence-corrected chi connectivity index (χ4v) is 6.75. The van der Waals surface area contributed by atoms with Gasteiger partial charge in [0.2, 0.25) is 5.95 Å². The summed E-state index contributed by atoms with van der Waals surface area (Å²) in [6.07, 6.45) is 10.9. The fraction of sp³-hybridized carbons (Fsp3) is 0.306. The highest BCUT2D eigenvalue weighted by Crippen LogP contribution is 2.33. The van der Waals surface area contributed by atoms with Crippen molar-refractivity contribution in [3.05, 3.63) is 108 Å². The monoisotopic (exact) mass is 616 g/mol. The number of nitrogens with zero attached hydrogens (tertiary/aromatic N) is 6. The number of nitrogens with one attached hydrogen (secondary N) is 2. The minimum atomic E-state index is -0.616. The van der Waals surface area contributed by atoms with E-state index >= 15 is 4.39 Å². The molecule has 0 unspecified atom stereocenters. The Hall–Kier alpha value is -4.96. The molecule has 0 aliphatic carbocycles. The summed E-state index contributed by atoms with van der Waals surface area (Å²) in [5, 5.41) is 8.43. The molecule has 5 heterocycles. The first-order valence-corrected chi connectivity index (χ1v) is 16.0. The number of benzene rings is 2. The van der Waals surface area contributed by atoms with Crippen LogP contribution in [0.5, 0.6) is 0 Å². The van der Waals surface area contributed by atoms with Crippen LogP contribution in [0.25, 0.3) is 10.8 Å². The number of piperidine rings is 2. The molecule has 7 rings (SSSR count). The molecule has 3 aromatic heterocycles. The minimum Gasteiger partial charge on any atom is -0.356 e. The number of halogens is 1. The Bertz CT molecular complexity index is 1830. The first kappa shape index (κ1) is 29.7. The Labute approximate surface area is 267 Å². The van der Waals surface area contributed by atoms with Gasteiger partial charge in [-0.25, -0.2) is 14.4 Å². The lowest BCUT2D eigenvalue weighted by molar-refractivity contribution is 0.0968. The summed E-state index contributed by atoms with van der Waals surface area (Å²) in [7, 11) is 0. The maximum Gasteiger partial charge on any atom is 0.262 e. The maximum absolute atomic E-state index is 15.8. The molecule has 46 heavy (non-hydrogen) atoms. The third kappa shape index (κ3) is 6.12. The van der Waals surface area contributed by atoms with Crippen molar-refractivity contribution in [2.45, 2.75) is 44.6 Å². The van der Waals surface area contributed by atoms with Gasteiger partial charge in [0.1, 0.15) is 17.5 Å². The lowest BCUT2D eigenvalue weighted by Crippen LogP contribution is -2.49. The number of anilines is 4. The van der Waals surface area contributed by atoms with E-state index in [1.807, 2.05) is 49.6 Å². The van der Waals surface area contributed by atoms with E-state index in [0.717, 1.165) is 67.5 Å². The standard InChI is InChI=1S/C36H37FN8O/c1-24-4-2-5-27-11-18-40-34(33(24)27)45(29-6-3-15-39-23-29)35(46)30-8-7-28(22-31(30)37)42-36-41-19-12-32(43-36)44-20-13-26(14-21-44)25-9-16-38-17-10-25/h2,4-5,7-12,16-19,22,26,29,39H,3,6,13-15,20-21,23H2,1H3,(H,41,42,43)/t29-/m1/s1. The summed E-state index contributed by atoms with van der Waals surface area (Å²) in [5.41, 5.74) is 2.80. The van der Waals surface area contributed by atoms with Gasteiger partial charge in [-0.1, -0.05) is 18.2 Å². The molecule has 5 aromatic rings. The van der Waals surface area contributed by atoms with Crippen molar-refractivity contribution in [1.29, 1.82) is 0 Å². The van der Waals surface area contributed by atoms with Crippen LogP contribution in [0.2, 0.25) is 0 Å². The van der Waals surface area contributed by atoms with Crippen LogP contribution >= 0.6 is 0 Å². The molecule has 9 nitrogen and oxygen atoms in total. The normalized spacial score (nSPS) is 17.2. The van der Waals surface area contributed by atoms with Crippen molar-refractivity contribution in [1.82, 2.24) is 25.3 Å². The van der Waals surface area contributed by atoms with Gasteiger partial charge in [0, 0.05) is 55.5 Å². The van der Waals surface area contributed by atoms with E-state index in [-0.39, 0.29) is 11.6 Å². The Kier molecular flexibility index (Phi) is 8.52. The zero-order valence-electron chi connectivity index (χ0n) is 25.9. The second-order valence-electron chi connectivity index (χ2n) is 12.1. The van der Waals surface area contributed by atoms with Crippen LogP contribution in [-0.2, 0) is 0 Å². The van der Waals surface area contributed by atoms with E-state index in [1.54, 1.807) is 23.4 Å². The zero-order chi connectivity index (χ0) is 31.5. The highest BCUT2D eigenvalue weighted by Gasteiger charge is 2.32. The smallest absolute Gasteiger partial charge is 0.262 e. The molecule has 0 spiro atoms. The van der Waals surface area contributed by atoms with Gasteiger partial charge in [0.15, 0.2) is 0 Å². The Morgan fingerprint density at radius 1 is 0.978 bits per heavy atom. The number of carbonyl (C=O) groups is 1. The first-order valence-electron chi connectivity index (χ1n) is 16.0. The van der Waals surface area contributed by atoms with Crippen molar-refractivity contribution in [2.24, 2.45) is 0 Å². The van der Waals surface area contributed by atoms with Crippen molar-refractivity contribution in [2.75, 3.05) is 41.3 Å². The lowest BCUT2D eigenvalue weighted by atomic mass is 9.90. The molecule has 2 N–H and O–H groups in total. The third-order valence-electron chi connectivity index (χ3n) is 9.16. The van der Waals surface area contributed by atoms with Crippen LogP contribution in [0.1, 0.15) is 53.1 Å². The average Bonchev–Trinajstić information content (AvgIpc) is 3.10. The zero-order valence-corrected chi connectivity index (χ0v) is 25.9. The number of fused-ring (bicyclic) bond motifs is 1. The molecular formula is C36H37FN8O. The van der Waals surface area contributed by atoms with E-state index in [0.29, 0.717) is 29.9 Å². The van der Waals surface area contributed by atoms with Crippen LogP contribution < -0.4 is 20.4 Å². The molecule has 234 valence electrons. The van der Waals surface area contributed by atoms with Gasteiger partial charge in [0.05, 0.1) is 11.6 Å². The molecule has 2 saturated heterocycles. The van der Waals surface area contributed by atoms with Gasteiger partial charge >= 0.3 is 0 Å². The molecule has 2 aromatic carbocycles. The van der Waals surface area contributed by atoms with Crippen LogP contribution in [0.15, 0.2) is 85.5 Å². The molecule has 2 aliphatic rings. The number of hydrogen-bond donors (Lipinski definition) is 2. The van der Waals surface area contributed by atoms with Crippen molar-refractivity contribution >= 4 is 40.0 Å². The van der Waals surface area contributed by atoms with Gasteiger partial charge in [-0.05, 0) is 104 Å².